The average molecular weight is 438 g/mol. The molecule has 2 aromatic carbocycles. The summed E-state index contributed by atoms with van der Waals surface area (Å²) in [4.78, 5) is 51.3. The molecule has 3 atom stereocenters. The molecule has 0 N–H and O–H groups in total. The Labute approximate surface area is 184 Å². The monoisotopic (exact) mass is 437 g/mol. The number of rotatable bonds is 5. The molecule has 0 radical (unpaired) electrons. The molecule has 0 aromatic heterocycles. The Morgan fingerprint density at radius 2 is 1.65 bits per heavy atom. The molecule has 0 spiro atoms. The summed E-state index contributed by atoms with van der Waals surface area (Å²) in [5.41, 5.74) is 1.04. The van der Waals surface area contributed by atoms with Gasteiger partial charge in [-0.05, 0) is 60.9 Å². The highest BCUT2D eigenvalue weighted by Crippen LogP contribution is 2.40. The van der Waals surface area contributed by atoms with Gasteiger partial charge in [-0.1, -0.05) is 30.7 Å². The van der Waals surface area contributed by atoms with Crippen molar-refractivity contribution < 1.29 is 23.9 Å². The fraction of sp³-hybridized carbons (Fsp3) is 0.250. The van der Waals surface area contributed by atoms with Crippen molar-refractivity contribution in [1.82, 2.24) is 0 Å². The second kappa shape index (κ2) is 8.47. The second-order valence-electron chi connectivity index (χ2n) is 7.72. The van der Waals surface area contributed by atoms with Gasteiger partial charge in [-0.25, -0.2) is 4.79 Å². The molecule has 1 fully saturated rings. The average Bonchev–Trinajstić information content (AvgIpc) is 3.03. The molecule has 1 aliphatic carbocycles. The van der Waals surface area contributed by atoms with Crippen LogP contribution in [0.2, 0.25) is 5.02 Å². The normalized spacial score (nSPS) is 22.4. The maximum Gasteiger partial charge on any atom is 0.338 e. The third-order valence-corrected chi connectivity index (χ3v) is 5.99. The molecule has 1 heterocycles. The number of anilines is 1. The number of imide groups is 1. The zero-order valence-electron chi connectivity index (χ0n) is 16.8. The number of halogens is 1. The lowest BCUT2D eigenvalue weighted by Gasteiger charge is -2.22. The fourth-order valence-corrected chi connectivity index (χ4v) is 4.21. The number of Topliss-reactive ketones (excluding diaryl/α,β-unsaturated/α-hetero) is 1. The van der Waals surface area contributed by atoms with Crippen molar-refractivity contribution in [1.29, 1.82) is 0 Å². The first kappa shape index (κ1) is 21.0. The third-order valence-electron chi connectivity index (χ3n) is 5.73. The Morgan fingerprint density at radius 3 is 2.29 bits per heavy atom. The Bertz CT molecular complexity index is 1070. The first-order valence-electron chi connectivity index (χ1n) is 9.97. The van der Waals surface area contributed by atoms with Gasteiger partial charge in [0.25, 0.3) is 0 Å². The first-order valence-corrected chi connectivity index (χ1v) is 10.3. The number of nitrogens with zero attached hydrogens (tertiary/aromatic N) is 1. The largest absolute Gasteiger partial charge is 0.454 e. The number of hydrogen-bond acceptors (Lipinski definition) is 5. The van der Waals surface area contributed by atoms with Crippen molar-refractivity contribution in [2.75, 3.05) is 11.5 Å². The van der Waals surface area contributed by atoms with E-state index in [0.717, 1.165) is 0 Å². The summed E-state index contributed by atoms with van der Waals surface area (Å²) in [5.74, 6) is -2.12. The van der Waals surface area contributed by atoms with Crippen LogP contribution >= 0.6 is 11.6 Å². The van der Waals surface area contributed by atoms with E-state index in [1.807, 2.05) is 19.1 Å². The van der Waals surface area contributed by atoms with Gasteiger partial charge in [-0.15, -0.1) is 0 Å². The standard InChI is InChI=1S/C24H20ClNO5/c1-14-3-2-4-19-21(14)23(29)26(22(19)28)18-11-7-16(8-12-18)24(30)31-13-20(27)15-5-9-17(25)10-6-15/h2-3,5-12,14,19,21H,4,13H2,1H3/t14-,19-,21+/m0/s1. The second-order valence-corrected chi connectivity index (χ2v) is 8.16. The van der Waals surface area contributed by atoms with E-state index in [2.05, 4.69) is 0 Å². The van der Waals surface area contributed by atoms with E-state index in [-0.39, 0.29) is 40.9 Å². The van der Waals surface area contributed by atoms with Gasteiger partial charge in [0.2, 0.25) is 11.8 Å². The van der Waals surface area contributed by atoms with E-state index in [1.54, 1.807) is 36.4 Å². The van der Waals surface area contributed by atoms with Crippen LogP contribution in [0.1, 0.15) is 34.1 Å². The van der Waals surface area contributed by atoms with E-state index in [0.29, 0.717) is 22.7 Å². The molecule has 2 aliphatic rings. The van der Waals surface area contributed by atoms with Crippen LogP contribution in [0.25, 0.3) is 0 Å². The number of benzene rings is 2. The molecule has 0 saturated carbocycles. The highest BCUT2D eigenvalue weighted by Gasteiger charge is 2.50. The quantitative estimate of drug-likeness (QED) is 0.305. The highest BCUT2D eigenvalue weighted by molar-refractivity contribution is 6.30. The SMILES string of the molecule is C[C@H]1C=CC[C@@H]2C(=O)N(c3ccc(C(=O)OCC(=O)c4ccc(Cl)cc4)cc3)C(=O)[C@@H]21. The van der Waals surface area contributed by atoms with E-state index in [1.165, 1.54) is 17.0 Å². The minimum atomic E-state index is -0.667. The minimum absolute atomic E-state index is 0.00706. The fourth-order valence-electron chi connectivity index (χ4n) is 4.08. The predicted octanol–water partition coefficient (Wildman–Crippen LogP) is 4.08. The molecule has 6 nitrogen and oxygen atoms in total. The summed E-state index contributed by atoms with van der Waals surface area (Å²) in [6.45, 7) is 1.53. The summed E-state index contributed by atoms with van der Waals surface area (Å²) < 4.78 is 5.10. The van der Waals surface area contributed by atoms with Crippen LogP contribution in [0.15, 0.2) is 60.7 Å². The number of carbonyl (C=O) groups excluding carboxylic acids is 4. The number of hydrogen-bond donors (Lipinski definition) is 0. The molecule has 158 valence electrons. The zero-order chi connectivity index (χ0) is 22.1. The summed E-state index contributed by atoms with van der Waals surface area (Å²) in [5, 5.41) is 0.508. The number of allylic oxidation sites excluding steroid dienone is 2. The first-order chi connectivity index (χ1) is 14.9. The van der Waals surface area contributed by atoms with Crippen LogP contribution in [0.3, 0.4) is 0 Å². The molecular formula is C24H20ClNO5. The maximum absolute atomic E-state index is 12.8. The lowest BCUT2D eigenvalue weighted by molar-refractivity contribution is -0.122. The lowest BCUT2D eigenvalue weighted by atomic mass is 9.78. The van der Waals surface area contributed by atoms with Crippen LogP contribution in [0, 0.1) is 17.8 Å². The topological polar surface area (TPSA) is 80.8 Å². The molecule has 2 aromatic rings. The summed E-state index contributed by atoms with van der Waals surface area (Å²) in [6.07, 6.45) is 4.48. The molecule has 1 saturated heterocycles. The Balaban J connectivity index is 1.41. The van der Waals surface area contributed by atoms with Crippen LogP contribution in [0.5, 0.6) is 0 Å². The highest BCUT2D eigenvalue weighted by atomic mass is 35.5. The lowest BCUT2D eigenvalue weighted by Crippen LogP contribution is -2.31. The molecule has 2 amide bonds. The molecule has 0 bridgehead atoms. The molecule has 0 unspecified atom stereocenters. The molecule has 31 heavy (non-hydrogen) atoms. The van der Waals surface area contributed by atoms with Gasteiger partial charge in [-0.3, -0.25) is 19.3 Å². The summed E-state index contributed by atoms with van der Waals surface area (Å²) >= 11 is 5.80. The van der Waals surface area contributed by atoms with E-state index in [9.17, 15) is 19.2 Å². The Kier molecular flexibility index (Phi) is 5.74. The number of ether oxygens (including phenoxy) is 1. The van der Waals surface area contributed by atoms with Crippen molar-refractivity contribution in [2.45, 2.75) is 13.3 Å². The smallest absolute Gasteiger partial charge is 0.338 e. The van der Waals surface area contributed by atoms with Gasteiger partial charge in [0, 0.05) is 10.6 Å². The molecule has 4 rings (SSSR count). The van der Waals surface area contributed by atoms with E-state index < -0.39 is 12.6 Å². The summed E-state index contributed by atoms with van der Waals surface area (Å²) in [6, 6.07) is 12.3. The Hall–Kier alpha value is -3.25. The molecule has 7 heteroatoms. The Morgan fingerprint density at radius 1 is 1.00 bits per heavy atom. The van der Waals surface area contributed by atoms with Crippen molar-refractivity contribution in [3.05, 3.63) is 76.8 Å². The van der Waals surface area contributed by atoms with Crippen molar-refractivity contribution in [3.63, 3.8) is 0 Å². The van der Waals surface area contributed by atoms with Gasteiger partial charge >= 0.3 is 5.97 Å². The molecular weight excluding hydrogens is 418 g/mol. The molecule has 1 aliphatic heterocycles. The third kappa shape index (κ3) is 4.03. The number of ketones is 1. The number of amides is 2. The van der Waals surface area contributed by atoms with Gasteiger partial charge < -0.3 is 4.74 Å². The number of carbonyl (C=O) groups is 4. The van der Waals surface area contributed by atoms with E-state index >= 15 is 0 Å². The number of esters is 1. The van der Waals surface area contributed by atoms with Gasteiger partial charge in [0.05, 0.1) is 23.1 Å². The van der Waals surface area contributed by atoms with Crippen molar-refractivity contribution in [2.24, 2.45) is 17.8 Å². The minimum Gasteiger partial charge on any atom is -0.454 e. The van der Waals surface area contributed by atoms with Gasteiger partial charge in [0.1, 0.15) is 0 Å². The van der Waals surface area contributed by atoms with E-state index in [4.69, 9.17) is 16.3 Å². The number of fused-ring (bicyclic) bond motifs is 1. The predicted molar refractivity (Wildman–Crippen MR) is 115 cm³/mol. The van der Waals surface area contributed by atoms with Gasteiger partial charge in [-0.2, -0.15) is 0 Å². The van der Waals surface area contributed by atoms with Crippen LogP contribution in [-0.4, -0.2) is 30.2 Å². The van der Waals surface area contributed by atoms with Gasteiger partial charge in [0.15, 0.2) is 12.4 Å². The van der Waals surface area contributed by atoms with Crippen LogP contribution in [-0.2, 0) is 14.3 Å². The van der Waals surface area contributed by atoms with Crippen molar-refractivity contribution in [3.8, 4) is 0 Å². The van der Waals surface area contributed by atoms with Crippen LogP contribution in [0.4, 0.5) is 5.69 Å². The van der Waals surface area contributed by atoms with Crippen LogP contribution < -0.4 is 4.90 Å². The zero-order valence-corrected chi connectivity index (χ0v) is 17.5. The maximum atomic E-state index is 12.8. The summed E-state index contributed by atoms with van der Waals surface area (Å²) in [7, 11) is 0. The van der Waals surface area contributed by atoms with Crippen molar-refractivity contribution >= 4 is 40.9 Å².